The maximum absolute atomic E-state index is 11.9. The summed E-state index contributed by atoms with van der Waals surface area (Å²) in [6.07, 6.45) is 0.583. The molecule has 0 bridgehead atoms. The highest BCUT2D eigenvalue weighted by Gasteiger charge is 2.39. The molecular formula is C17H23NO5S2. The van der Waals surface area contributed by atoms with Gasteiger partial charge >= 0.3 is 5.97 Å². The van der Waals surface area contributed by atoms with Crippen LogP contribution in [0.2, 0.25) is 0 Å². The molecule has 8 heteroatoms. The van der Waals surface area contributed by atoms with Crippen molar-refractivity contribution in [2.24, 2.45) is 0 Å². The Morgan fingerprint density at radius 3 is 2.56 bits per heavy atom. The molecule has 1 heterocycles. The number of carbonyl (C=O) groups excluding carboxylic acids is 2. The van der Waals surface area contributed by atoms with Crippen LogP contribution in [0.3, 0.4) is 0 Å². The van der Waals surface area contributed by atoms with Crippen molar-refractivity contribution in [1.29, 1.82) is 0 Å². The smallest absolute Gasteiger partial charge is 0.307 e. The van der Waals surface area contributed by atoms with Gasteiger partial charge in [0.15, 0.2) is 16.4 Å². The Balaban J connectivity index is 1.66. The largest absolute Gasteiger partial charge is 0.456 e. The molecule has 0 saturated carbocycles. The number of thioether (sulfide) groups is 1. The standard InChI is InChI=1S/C17H23NO5S2/c1-13-3-5-14(6-4-13)24-9-7-16(20)23-11-15(19)18-17(2)8-10-25(21,22)12-17/h3-6H,7-12H2,1-2H3,(H,18,19)/t17-/m1/s1. The lowest BCUT2D eigenvalue weighted by Crippen LogP contribution is -2.48. The summed E-state index contributed by atoms with van der Waals surface area (Å²) in [6.45, 7) is 3.32. The number of hydrogen-bond acceptors (Lipinski definition) is 6. The van der Waals surface area contributed by atoms with E-state index in [4.69, 9.17) is 4.74 Å². The Hall–Kier alpha value is -1.54. The van der Waals surface area contributed by atoms with Crippen molar-refractivity contribution < 1.29 is 22.7 Å². The quantitative estimate of drug-likeness (QED) is 0.568. The van der Waals surface area contributed by atoms with Crippen molar-refractivity contribution in [3.8, 4) is 0 Å². The Kier molecular flexibility index (Phi) is 6.51. The van der Waals surface area contributed by atoms with Gasteiger partial charge in [-0.1, -0.05) is 17.7 Å². The predicted molar refractivity (Wildman–Crippen MR) is 97.3 cm³/mol. The number of carbonyl (C=O) groups is 2. The van der Waals surface area contributed by atoms with E-state index in [1.54, 1.807) is 18.7 Å². The van der Waals surface area contributed by atoms with Gasteiger partial charge in [0.05, 0.1) is 23.5 Å². The van der Waals surface area contributed by atoms with Gasteiger partial charge in [-0.3, -0.25) is 9.59 Å². The van der Waals surface area contributed by atoms with Crippen LogP contribution < -0.4 is 5.32 Å². The zero-order valence-electron chi connectivity index (χ0n) is 14.4. The van der Waals surface area contributed by atoms with Gasteiger partial charge in [-0.25, -0.2) is 8.42 Å². The van der Waals surface area contributed by atoms with Crippen LogP contribution in [0.15, 0.2) is 29.2 Å². The van der Waals surface area contributed by atoms with Crippen LogP contribution in [0, 0.1) is 6.92 Å². The first-order valence-corrected chi connectivity index (χ1v) is 10.8. The van der Waals surface area contributed by atoms with E-state index in [0.29, 0.717) is 12.2 Å². The molecule has 1 atom stereocenters. The minimum absolute atomic E-state index is 0.0692. The summed E-state index contributed by atoms with van der Waals surface area (Å²) in [4.78, 5) is 24.6. The highest BCUT2D eigenvalue weighted by atomic mass is 32.2. The molecule has 1 aromatic carbocycles. The molecule has 1 aromatic rings. The van der Waals surface area contributed by atoms with Gasteiger partial charge in [0.1, 0.15) is 0 Å². The highest BCUT2D eigenvalue weighted by molar-refractivity contribution is 7.99. The van der Waals surface area contributed by atoms with E-state index in [1.165, 1.54) is 5.56 Å². The molecule has 1 aliphatic heterocycles. The molecule has 138 valence electrons. The van der Waals surface area contributed by atoms with Crippen LogP contribution >= 0.6 is 11.8 Å². The maximum atomic E-state index is 11.9. The second-order valence-electron chi connectivity index (χ2n) is 6.52. The Bertz CT molecular complexity index is 730. The van der Waals surface area contributed by atoms with Gasteiger partial charge < -0.3 is 10.1 Å². The number of rotatable bonds is 7. The van der Waals surface area contributed by atoms with Crippen LogP contribution in [0.5, 0.6) is 0 Å². The predicted octanol–water partition coefficient (Wildman–Crippen LogP) is 1.71. The number of aryl methyl sites for hydroxylation is 1. The Morgan fingerprint density at radius 2 is 1.96 bits per heavy atom. The van der Waals surface area contributed by atoms with E-state index in [1.807, 2.05) is 31.2 Å². The summed E-state index contributed by atoms with van der Waals surface area (Å²) < 4.78 is 28.0. The molecule has 0 unspecified atom stereocenters. The van der Waals surface area contributed by atoms with Gasteiger partial charge in [-0.05, 0) is 32.4 Å². The first kappa shape index (κ1) is 19.8. The third kappa shape index (κ3) is 6.70. The normalized spacial score (nSPS) is 21.7. The summed E-state index contributed by atoms with van der Waals surface area (Å²) in [5, 5.41) is 2.65. The summed E-state index contributed by atoms with van der Waals surface area (Å²) in [7, 11) is -3.10. The summed E-state index contributed by atoms with van der Waals surface area (Å²) >= 11 is 1.55. The molecule has 1 fully saturated rings. The summed E-state index contributed by atoms with van der Waals surface area (Å²) in [5.41, 5.74) is 0.405. The second-order valence-corrected chi connectivity index (χ2v) is 9.88. The summed E-state index contributed by atoms with van der Waals surface area (Å²) in [5.74, 6) is -0.357. The number of benzene rings is 1. The third-order valence-corrected chi connectivity index (χ3v) is 6.82. The van der Waals surface area contributed by atoms with Crippen LogP contribution in [0.25, 0.3) is 0 Å². The average Bonchev–Trinajstić information content (AvgIpc) is 2.80. The number of nitrogens with one attached hydrogen (secondary N) is 1. The van der Waals surface area contributed by atoms with Gasteiger partial charge in [-0.2, -0.15) is 0 Å². The molecule has 1 aliphatic rings. The van der Waals surface area contributed by atoms with Crippen LogP contribution in [-0.2, 0) is 24.2 Å². The van der Waals surface area contributed by atoms with Crippen LogP contribution in [0.4, 0.5) is 0 Å². The van der Waals surface area contributed by atoms with Crippen LogP contribution in [-0.4, -0.2) is 49.7 Å². The number of ether oxygens (including phenoxy) is 1. The van der Waals surface area contributed by atoms with Gasteiger partial charge in [-0.15, -0.1) is 11.8 Å². The average molecular weight is 386 g/mol. The number of sulfone groups is 1. The molecule has 0 aliphatic carbocycles. The third-order valence-electron chi connectivity index (χ3n) is 3.90. The van der Waals surface area contributed by atoms with Crippen molar-refractivity contribution >= 4 is 33.5 Å². The van der Waals surface area contributed by atoms with Crippen molar-refractivity contribution in [2.75, 3.05) is 23.9 Å². The zero-order chi connectivity index (χ0) is 18.5. The monoisotopic (exact) mass is 385 g/mol. The zero-order valence-corrected chi connectivity index (χ0v) is 16.0. The molecule has 1 saturated heterocycles. The van der Waals surface area contributed by atoms with E-state index in [0.717, 1.165) is 4.90 Å². The highest BCUT2D eigenvalue weighted by Crippen LogP contribution is 2.22. The fraction of sp³-hybridized carbons (Fsp3) is 0.529. The van der Waals surface area contributed by atoms with Crippen molar-refractivity contribution in [1.82, 2.24) is 5.32 Å². The fourth-order valence-corrected chi connectivity index (χ4v) is 5.51. The molecule has 1 N–H and O–H groups in total. The lowest BCUT2D eigenvalue weighted by Gasteiger charge is -2.23. The minimum atomic E-state index is -3.10. The minimum Gasteiger partial charge on any atom is -0.456 e. The van der Waals surface area contributed by atoms with E-state index in [9.17, 15) is 18.0 Å². The van der Waals surface area contributed by atoms with Crippen molar-refractivity contribution in [3.05, 3.63) is 29.8 Å². The molecular weight excluding hydrogens is 362 g/mol. The van der Waals surface area contributed by atoms with E-state index in [2.05, 4.69) is 5.32 Å². The topological polar surface area (TPSA) is 89.5 Å². The van der Waals surface area contributed by atoms with E-state index >= 15 is 0 Å². The molecule has 6 nitrogen and oxygen atoms in total. The summed E-state index contributed by atoms with van der Waals surface area (Å²) in [6, 6.07) is 8.01. The van der Waals surface area contributed by atoms with E-state index < -0.39 is 27.3 Å². The second kappa shape index (κ2) is 8.23. The SMILES string of the molecule is Cc1ccc(SCCC(=O)OCC(=O)N[C@]2(C)CCS(=O)(=O)C2)cc1. The molecule has 1 amide bonds. The molecule has 0 aromatic heterocycles. The Labute approximate surface area is 152 Å². The molecule has 0 radical (unpaired) electrons. The Morgan fingerprint density at radius 1 is 1.28 bits per heavy atom. The van der Waals surface area contributed by atoms with Crippen LogP contribution in [0.1, 0.15) is 25.3 Å². The van der Waals surface area contributed by atoms with E-state index in [-0.39, 0.29) is 24.5 Å². The number of hydrogen-bond donors (Lipinski definition) is 1. The molecule has 0 spiro atoms. The first-order chi connectivity index (χ1) is 11.7. The first-order valence-electron chi connectivity index (χ1n) is 8.04. The molecule has 25 heavy (non-hydrogen) atoms. The molecule has 2 rings (SSSR count). The lowest BCUT2D eigenvalue weighted by molar-refractivity contribution is -0.148. The maximum Gasteiger partial charge on any atom is 0.307 e. The van der Waals surface area contributed by atoms with Crippen molar-refractivity contribution in [3.63, 3.8) is 0 Å². The van der Waals surface area contributed by atoms with Gasteiger partial charge in [0.2, 0.25) is 0 Å². The van der Waals surface area contributed by atoms with Crippen molar-refractivity contribution in [2.45, 2.75) is 37.1 Å². The lowest BCUT2D eigenvalue weighted by atomic mass is 10.0. The number of esters is 1. The van der Waals surface area contributed by atoms with Gasteiger partial charge in [0, 0.05) is 10.6 Å². The number of amides is 1. The van der Waals surface area contributed by atoms with Gasteiger partial charge in [0.25, 0.3) is 5.91 Å². The fourth-order valence-electron chi connectivity index (χ4n) is 2.59.